The zero-order valence-corrected chi connectivity index (χ0v) is 32.4. The third kappa shape index (κ3) is 6.97. The fraction of sp³-hybridized carbons (Fsp3) is 0.192. The van der Waals surface area contributed by atoms with Crippen molar-refractivity contribution in [3.8, 4) is 27.9 Å². The number of fused-ring (bicyclic) bond motifs is 3. The smallest absolute Gasteiger partial charge is 0.0541 e. The number of aromatic nitrogens is 1. The summed E-state index contributed by atoms with van der Waals surface area (Å²) in [7, 11) is 0. The largest absolute Gasteiger partial charge is 0.311 e. The highest BCUT2D eigenvalue weighted by Gasteiger charge is 2.27. The van der Waals surface area contributed by atoms with Gasteiger partial charge in [0, 0.05) is 33.5 Å². The summed E-state index contributed by atoms with van der Waals surface area (Å²) in [4.78, 5) is 2.31. The van der Waals surface area contributed by atoms with Crippen LogP contribution in [0.3, 0.4) is 0 Å². The SMILES string of the molecule is Cc1ccc(-n2c3ccc(-c4ccc(C(CC(C)C)C(C)(C)C)cc4)cc3c3cc(-c4ccc(N(c5ccccc5)c5ccccc5)cc4)ccc32)cc1. The molecule has 0 amide bonds. The molecule has 0 aliphatic carbocycles. The molecule has 0 aliphatic heterocycles. The van der Waals surface area contributed by atoms with Gasteiger partial charge in [0.1, 0.15) is 0 Å². The van der Waals surface area contributed by atoms with E-state index in [-0.39, 0.29) is 5.41 Å². The number of hydrogen-bond acceptors (Lipinski definition) is 1. The Balaban J connectivity index is 1.21. The molecule has 0 radical (unpaired) electrons. The Morgan fingerprint density at radius 3 is 1.41 bits per heavy atom. The quantitative estimate of drug-likeness (QED) is 0.145. The first-order valence-electron chi connectivity index (χ1n) is 19.4. The molecule has 2 heteroatoms. The monoisotopic (exact) mass is 702 g/mol. The van der Waals surface area contributed by atoms with Crippen molar-refractivity contribution in [2.24, 2.45) is 11.3 Å². The highest BCUT2D eigenvalue weighted by Crippen LogP contribution is 2.42. The number of para-hydroxylation sites is 2. The average Bonchev–Trinajstić information content (AvgIpc) is 3.51. The van der Waals surface area contributed by atoms with Gasteiger partial charge in [-0.1, -0.05) is 137 Å². The first kappa shape index (κ1) is 35.2. The molecule has 1 heterocycles. The van der Waals surface area contributed by atoms with Gasteiger partial charge in [0.15, 0.2) is 0 Å². The molecule has 1 aromatic heterocycles. The summed E-state index contributed by atoms with van der Waals surface area (Å²) < 4.78 is 2.42. The lowest BCUT2D eigenvalue weighted by Gasteiger charge is -2.32. The molecule has 0 saturated carbocycles. The van der Waals surface area contributed by atoms with Crippen LogP contribution in [0, 0.1) is 18.3 Å². The standard InChI is InChI=1S/C52H50N2/c1-36(2)33-49(52(4,5)6)40-21-19-38(20-22-40)41-25-31-50-47(34-41)48-35-42(26-32-51(48)54(50)46-27-17-37(3)18-28-46)39-23-29-45(30-24-39)53(43-13-9-7-10-14-43)44-15-11-8-12-16-44/h7-32,34-36,49H,33H2,1-6H3. The Morgan fingerprint density at radius 2 is 0.944 bits per heavy atom. The van der Waals surface area contributed by atoms with Crippen LogP contribution in [0.4, 0.5) is 17.1 Å². The van der Waals surface area contributed by atoms with E-state index in [0.29, 0.717) is 11.8 Å². The molecule has 1 unspecified atom stereocenters. The highest BCUT2D eigenvalue weighted by atomic mass is 15.1. The average molecular weight is 703 g/mol. The van der Waals surface area contributed by atoms with Crippen LogP contribution in [0.2, 0.25) is 0 Å². The lowest BCUT2D eigenvalue weighted by molar-refractivity contribution is 0.280. The van der Waals surface area contributed by atoms with E-state index >= 15 is 0 Å². The van der Waals surface area contributed by atoms with E-state index in [0.717, 1.165) is 17.1 Å². The molecule has 0 fully saturated rings. The minimum Gasteiger partial charge on any atom is -0.311 e. The minimum absolute atomic E-state index is 0.212. The van der Waals surface area contributed by atoms with E-state index < -0.39 is 0 Å². The molecule has 0 bridgehead atoms. The van der Waals surface area contributed by atoms with Crippen LogP contribution in [0.15, 0.2) is 170 Å². The zero-order valence-electron chi connectivity index (χ0n) is 32.4. The highest BCUT2D eigenvalue weighted by molar-refractivity contribution is 6.11. The second-order valence-electron chi connectivity index (χ2n) is 16.4. The van der Waals surface area contributed by atoms with Gasteiger partial charge in [-0.25, -0.2) is 0 Å². The van der Waals surface area contributed by atoms with E-state index in [4.69, 9.17) is 0 Å². The first-order chi connectivity index (χ1) is 26.1. The summed E-state index contributed by atoms with van der Waals surface area (Å²) in [5, 5.41) is 2.52. The number of benzene rings is 7. The van der Waals surface area contributed by atoms with Gasteiger partial charge in [-0.2, -0.15) is 0 Å². The summed E-state index contributed by atoms with van der Waals surface area (Å²) in [5.74, 6) is 1.18. The van der Waals surface area contributed by atoms with Crippen LogP contribution in [-0.2, 0) is 0 Å². The van der Waals surface area contributed by atoms with Gasteiger partial charge >= 0.3 is 0 Å². The predicted molar refractivity (Wildman–Crippen MR) is 233 cm³/mol. The van der Waals surface area contributed by atoms with Crippen LogP contribution < -0.4 is 4.90 Å². The second-order valence-corrected chi connectivity index (χ2v) is 16.4. The first-order valence-corrected chi connectivity index (χ1v) is 19.4. The summed E-state index contributed by atoms with van der Waals surface area (Å²) >= 11 is 0. The molecule has 268 valence electrons. The van der Waals surface area contributed by atoms with Crippen LogP contribution in [0.1, 0.15) is 58.1 Å². The Bertz CT molecular complexity index is 2460. The molecule has 0 saturated heterocycles. The second kappa shape index (κ2) is 14.5. The maximum Gasteiger partial charge on any atom is 0.0541 e. The van der Waals surface area contributed by atoms with Gasteiger partial charge in [0.25, 0.3) is 0 Å². The van der Waals surface area contributed by atoms with Gasteiger partial charge in [0.05, 0.1) is 11.0 Å². The van der Waals surface area contributed by atoms with Crippen LogP contribution in [0.25, 0.3) is 49.7 Å². The van der Waals surface area contributed by atoms with Gasteiger partial charge in [0.2, 0.25) is 0 Å². The molecule has 8 rings (SSSR count). The fourth-order valence-electron chi connectivity index (χ4n) is 8.13. The Labute approximate surface area is 321 Å². The molecule has 0 aliphatic rings. The van der Waals surface area contributed by atoms with E-state index in [1.54, 1.807) is 0 Å². The maximum absolute atomic E-state index is 2.42. The topological polar surface area (TPSA) is 8.17 Å². The minimum atomic E-state index is 0.212. The van der Waals surface area contributed by atoms with E-state index in [1.807, 2.05) is 0 Å². The van der Waals surface area contributed by atoms with Crippen LogP contribution in [-0.4, -0.2) is 4.57 Å². The van der Waals surface area contributed by atoms with E-state index in [1.165, 1.54) is 67.3 Å². The number of anilines is 3. The number of nitrogens with zero attached hydrogens (tertiary/aromatic N) is 2. The molecule has 0 spiro atoms. The molecule has 1 atom stereocenters. The maximum atomic E-state index is 2.42. The number of rotatable bonds is 9. The van der Waals surface area contributed by atoms with Crippen molar-refractivity contribution in [2.75, 3.05) is 4.90 Å². The summed E-state index contributed by atoms with van der Waals surface area (Å²) in [6.07, 6.45) is 1.19. The summed E-state index contributed by atoms with van der Waals surface area (Å²) in [6, 6.07) is 62.4. The van der Waals surface area contributed by atoms with Crippen molar-refractivity contribution in [1.82, 2.24) is 4.57 Å². The van der Waals surface area contributed by atoms with Crippen molar-refractivity contribution in [1.29, 1.82) is 0 Å². The summed E-state index contributed by atoms with van der Waals surface area (Å²) in [5.41, 5.74) is 14.8. The zero-order chi connectivity index (χ0) is 37.4. The molecule has 54 heavy (non-hydrogen) atoms. The summed E-state index contributed by atoms with van der Waals surface area (Å²) in [6.45, 7) is 13.9. The molecular formula is C52H50N2. The van der Waals surface area contributed by atoms with Crippen LogP contribution >= 0.6 is 0 Å². The lowest BCUT2D eigenvalue weighted by Crippen LogP contribution is -2.20. The molecule has 8 aromatic rings. The number of hydrogen-bond donors (Lipinski definition) is 0. The van der Waals surface area contributed by atoms with Gasteiger partial charge in [-0.3, -0.25) is 0 Å². The molecule has 2 nitrogen and oxygen atoms in total. The Morgan fingerprint density at radius 1 is 0.500 bits per heavy atom. The van der Waals surface area contributed by atoms with Gasteiger partial charge < -0.3 is 9.47 Å². The fourth-order valence-corrected chi connectivity index (χ4v) is 8.13. The normalized spacial score (nSPS) is 12.4. The predicted octanol–water partition coefficient (Wildman–Crippen LogP) is 15.1. The van der Waals surface area contributed by atoms with Gasteiger partial charge in [-0.05, 0) is 131 Å². The Kier molecular flexibility index (Phi) is 9.46. The third-order valence-corrected chi connectivity index (χ3v) is 10.9. The van der Waals surface area contributed by atoms with E-state index in [9.17, 15) is 0 Å². The molecule has 7 aromatic carbocycles. The lowest BCUT2D eigenvalue weighted by atomic mass is 9.72. The molecule has 0 N–H and O–H groups in total. The Hall–Kier alpha value is -5.86. The van der Waals surface area contributed by atoms with Crippen molar-refractivity contribution in [2.45, 2.75) is 53.9 Å². The van der Waals surface area contributed by atoms with Crippen molar-refractivity contribution < 1.29 is 0 Å². The number of aryl methyl sites for hydroxylation is 1. The van der Waals surface area contributed by atoms with Crippen LogP contribution in [0.5, 0.6) is 0 Å². The third-order valence-electron chi connectivity index (χ3n) is 10.9. The van der Waals surface area contributed by atoms with E-state index in [2.05, 4.69) is 221 Å². The van der Waals surface area contributed by atoms with Crippen molar-refractivity contribution in [3.63, 3.8) is 0 Å². The van der Waals surface area contributed by atoms with Crippen molar-refractivity contribution >= 4 is 38.9 Å². The molecular weight excluding hydrogens is 653 g/mol. The van der Waals surface area contributed by atoms with Gasteiger partial charge in [-0.15, -0.1) is 0 Å². The van der Waals surface area contributed by atoms with Crippen molar-refractivity contribution in [3.05, 3.63) is 181 Å².